The van der Waals surface area contributed by atoms with Crippen LogP contribution in [0.25, 0.3) is 0 Å². The van der Waals surface area contributed by atoms with E-state index in [-0.39, 0.29) is 11.3 Å². The van der Waals surface area contributed by atoms with Gasteiger partial charge in [-0.05, 0) is 51.0 Å². The lowest BCUT2D eigenvalue weighted by atomic mass is 9.77. The summed E-state index contributed by atoms with van der Waals surface area (Å²) in [6, 6.07) is 9.15. The summed E-state index contributed by atoms with van der Waals surface area (Å²) in [5, 5.41) is 3.35. The largest absolute Gasteiger partial charge is 0.353 e. The molecule has 0 bridgehead atoms. The van der Waals surface area contributed by atoms with E-state index < -0.39 is 0 Å². The number of benzene rings is 1. The van der Waals surface area contributed by atoms with Gasteiger partial charge in [-0.3, -0.25) is 4.79 Å². The molecule has 0 spiro atoms. The number of aryl methyl sites for hydroxylation is 1. The highest BCUT2D eigenvalue weighted by Gasteiger charge is 2.43. The summed E-state index contributed by atoms with van der Waals surface area (Å²) >= 11 is 0. The fraction of sp³-hybridized carbons (Fsp3) is 0.632. The molecule has 3 heteroatoms. The Morgan fingerprint density at radius 2 is 1.86 bits per heavy atom. The van der Waals surface area contributed by atoms with Crippen LogP contribution in [-0.2, 0) is 10.2 Å². The maximum Gasteiger partial charge on any atom is 0.230 e. The van der Waals surface area contributed by atoms with Gasteiger partial charge in [-0.2, -0.15) is 0 Å². The van der Waals surface area contributed by atoms with E-state index in [1.165, 1.54) is 11.1 Å². The highest BCUT2D eigenvalue weighted by Crippen LogP contribution is 2.42. The van der Waals surface area contributed by atoms with Gasteiger partial charge in [-0.25, -0.2) is 0 Å². The minimum absolute atomic E-state index is 0.246. The first-order chi connectivity index (χ1) is 10.6. The van der Waals surface area contributed by atoms with Crippen LogP contribution in [0.2, 0.25) is 0 Å². The van der Waals surface area contributed by atoms with Crippen molar-refractivity contribution in [2.45, 2.75) is 75.8 Å². The maximum atomic E-state index is 13.1. The standard InChI is InChI=1S/C19H28N2O/c1-14-5-4-6-15(13-14)19(11-2-3-12-19)18(22)21-17-9-7-16(20)8-10-17/h4-6,13,16-17H,2-3,7-12,20H2,1H3,(H,21,22). The third-order valence-corrected chi connectivity index (χ3v) is 5.57. The summed E-state index contributed by atoms with van der Waals surface area (Å²) in [6.07, 6.45) is 8.37. The van der Waals surface area contributed by atoms with Crippen molar-refractivity contribution in [3.8, 4) is 0 Å². The Kier molecular flexibility index (Phi) is 4.53. The van der Waals surface area contributed by atoms with Crippen LogP contribution in [0.5, 0.6) is 0 Å². The van der Waals surface area contributed by atoms with E-state index >= 15 is 0 Å². The Morgan fingerprint density at radius 1 is 1.18 bits per heavy atom. The molecule has 3 rings (SSSR count). The van der Waals surface area contributed by atoms with Crippen LogP contribution in [0.4, 0.5) is 0 Å². The van der Waals surface area contributed by atoms with Gasteiger partial charge in [0.25, 0.3) is 0 Å². The predicted octanol–water partition coefficient (Wildman–Crippen LogP) is 3.19. The molecule has 0 atom stereocenters. The second-order valence-electron chi connectivity index (χ2n) is 7.24. The lowest BCUT2D eigenvalue weighted by molar-refractivity contribution is -0.127. The maximum absolute atomic E-state index is 13.1. The normalized spacial score (nSPS) is 27.5. The van der Waals surface area contributed by atoms with Gasteiger partial charge in [-0.1, -0.05) is 42.7 Å². The molecule has 1 aromatic carbocycles. The number of carbonyl (C=O) groups excluding carboxylic acids is 1. The average Bonchev–Trinajstić information content (AvgIpc) is 3.00. The van der Waals surface area contributed by atoms with Gasteiger partial charge in [0.05, 0.1) is 5.41 Å². The van der Waals surface area contributed by atoms with Gasteiger partial charge >= 0.3 is 0 Å². The number of rotatable bonds is 3. The van der Waals surface area contributed by atoms with E-state index in [0.29, 0.717) is 12.1 Å². The fourth-order valence-electron chi connectivity index (χ4n) is 4.16. The van der Waals surface area contributed by atoms with Gasteiger partial charge < -0.3 is 11.1 Å². The third kappa shape index (κ3) is 3.05. The molecule has 2 aliphatic rings. The first-order valence-electron chi connectivity index (χ1n) is 8.74. The minimum Gasteiger partial charge on any atom is -0.353 e. The lowest BCUT2D eigenvalue weighted by Gasteiger charge is -2.33. The first-order valence-corrected chi connectivity index (χ1v) is 8.74. The van der Waals surface area contributed by atoms with Crippen molar-refractivity contribution in [2.75, 3.05) is 0 Å². The topological polar surface area (TPSA) is 55.1 Å². The van der Waals surface area contributed by atoms with Crippen LogP contribution in [0.3, 0.4) is 0 Å². The Bertz CT molecular complexity index is 526. The quantitative estimate of drug-likeness (QED) is 0.900. The number of amides is 1. The molecule has 1 aromatic rings. The molecular weight excluding hydrogens is 272 g/mol. The van der Waals surface area contributed by atoms with E-state index in [9.17, 15) is 4.79 Å². The van der Waals surface area contributed by atoms with Crippen LogP contribution in [0.1, 0.15) is 62.5 Å². The van der Waals surface area contributed by atoms with Crippen LogP contribution >= 0.6 is 0 Å². The van der Waals surface area contributed by atoms with E-state index in [0.717, 1.165) is 51.4 Å². The molecule has 0 unspecified atom stereocenters. The molecule has 0 saturated heterocycles. The van der Waals surface area contributed by atoms with E-state index in [2.05, 4.69) is 36.5 Å². The first kappa shape index (κ1) is 15.5. The summed E-state index contributed by atoms with van der Waals surface area (Å²) < 4.78 is 0. The van der Waals surface area contributed by atoms with Crippen LogP contribution < -0.4 is 11.1 Å². The van der Waals surface area contributed by atoms with Crippen molar-refractivity contribution < 1.29 is 4.79 Å². The highest BCUT2D eigenvalue weighted by atomic mass is 16.2. The molecule has 0 aliphatic heterocycles. The van der Waals surface area contributed by atoms with Crippen molar-refractivity contribution in [3.05, 3.63) is 35.4 Å². The number of carbonyl (C=O) groups is 1. The molecule has 2 aliphatic carbocycles. The molecule has 2 saturated carbocycles. The van der Waals surface area contributed by atoms with E-state index in [1.807, 2.05) is 0 Å². The van der Waals surface area contributed by atoms with Gasteiger partial charge in [0, 0.05) is 12.1 Å². The molecule has 3 N–H and O–H groups in total. The third-order valence-electron chi connectivity index (χ3n) is 5.57. The van der Waals surface area contributed by atoms with Crippen molar-refractivity contribution in [2.24, 2.45) is 5.73 Å². The van der Waals surface area contributed by atoms with Crippen LogP contribution in [0, 0.1) is 6.92 Å². The molecule has 0 radical (unpaired) electrons. The summed E-state index contributed by atoms with van der Waals surface area (Å²) in [5.41, 5.74) is 8.11. The zero-order valence-electron chi connectivity index (χ0n) is 13.6. The second-order valence-corrected chi connectivity index (χ2v) is 7.24. The van der Waals surface area contributed by atoms with Gasteiger partial charge in [0.15, 0.2) is 0 Å². The molecule has 120 valence electrons. The summed E-state index contributed by atoms with van der Waals surface area (Å²) in [6.45, 7) is 2.10. The zero-order chi connectivity index (χ0) is 15.6. The molecule has 22 heavy (non-hydrogen) atoms. The Labute approximate surface area is 133 Å². The lowest BCUT2D eigenvalue weighted by Crippen LogP contribution is -2.48. The second kappa shape index (κ2) is 6.41. The van der Waals surface area contributed by atoms with E-state index in [1.54, 1.807) is 0 Å². The summed E-state index contributed by atoms with van der Waals surface area (Å²) in [7, 11) is 0. The van der Waals surface area contributed by atoms with Crippen molar-refractivity contribution >= 4 is 5.91 Å². The average molecular weight is 300 g/mol. The Morgan fingerprint density at radius 3 is 2.50 bits per heavy atom. The predicted molar refractivity (Wildman–Crippen MR) is 89.7 cm³/mol. The number of nitrogens with one attached hydrogen (secondary N) is 1. The summed E-state index contributed by atoms with van der Waals surface area (Å²) in [4.78, 5) is 13.1. The van der Waals surface area contributed by atoms with Gasteiger partial charge in [0.1, 0.15) is 0 Å². The molecule has 0 heterocycles. The monoisotopic (exact) mass is 300 g/mol. The molecule has 2 fully saturated rings. The number of nitrogens with two attached hydrogens (primary N) is 1. The SMILES string of the molecule is Cc1cccc(C2(C(=O)NC3CCC(N)CC3)CCCC2)c1. The van der Waals surface area contributed by atoms with Gasteiger partial charge in [0.2, 0.25) is 5.91 Å². The van der Waals surface area contributed by atoms with E-state index in [4.69, 9.17) is 5.73 Å². The minimum atomic E-state index is -0.300. The van der Waals surface area contributed by atoms with Crippen molar-refractivity contribution in [3.63, 3.8) is 0 Å². The number of hydrogen-bond donors (Lipinski definition) is 2. The molecule has 3 nitrogen and oxygen atoms in total. The molecular formula is C19H28N2O. The zero-order valence-corrected chi connectivity index (χ0v) is 13.6. The smallest absolute Gasteiger partial charge is 0.230 e. The highest BCUT2D eigenvalue weighted by molar-refractivity contribution is 5.88. The van der Waals surface area contributed by atoms with Crippen LogP contribution in [-0.4, -0.2) is 18.0 Å². The number of hydrogen-bond acceptors (Lipinski definition) is 2. The summed E-state index contributed by atoms with van der Waals surface area (Å²) in [5.74, 6) is 0.246. The fourth-order valence-corrected chi connectivity index (χ4v) is 4.16. The van der Waals surface area contributed by atoms with Crippen molar-refractivity contribution in [1.29, 1.82) is 0 Å². The van der Waals surface area contributed by atoms with Crippen LogP contribution in [0.15, 0.2) is 24.3 Å². The van der Waals surface area contributed by atoms with Gasteiger partial charge in [-0.15, -0.1) is 0 Å². The molecule has 0 aromatic heterocycles. The van der Waals surface area contributed by atoms with Crippen molar-refractivity contribution in [1.82, 2.24) is 5.32 Å². The Balaban J connectivity index is 1.77. The molecule has 1 amide bonds. The Hall–Kier alpha value is -1.35.